The van der Waals surface area contributed by atoms with Crippen LogP contribution >= 0.6 is 0 Å². The number of methoxy groups -OCH3 is 1. The van der Waals surface area contributed by atoms with Crippen LogP contribution < -0.4 is 4.74 Å². The summed E-state index contributed by atoms with van der Waals surface area (Å²) in [4.78, 5) is 14.8. The lowest BCUT2D eigenvalue weighted by molar-refractivity contribution is -0.384. The summed E-state index contributed by atoms with van der Waals surface area (Å²) in [5.74, 6) is 0.421. The van der Waals surface area contributed by atoms with Crippen molar-refractivity contribution in [2.45, 2.75) is 24.2 Å². The van der Waals surface area contributed by atoms with Crippen molar-refractivity contribution < 1.29 is 18.1 Å². The summed E-state index contributed by atoms with van der Waals surface area (Å²) in [5.41, 5.74) is 0.712. The van der Waals surface area contributed by atoms with Crippen LogP contribution in [0.4, 0.5) is 11.4 Å². The highest BCUT2D eigenvalue weighted by Gasteiger charge is 2.28. The van der Waals surface area contributed by atoms with E-state index in [4.69, 9.17) is 4.74 Å². The molecule has 0 radical (unpaired) electrons. The van der Waals surface area contributed by atoms with E-state index in [1.54, 1.807) is 24.3 Å². The molecular formula is C19H21N3O5S. The first-order valence-electron chi connectivity index (χ1n) is 8.88. The number of sulfonamides is 1. The molecule has 0 unspecified atom stereocenters. The molecule has 0 amide bonds. The Hall–Kier alpha value is -2.78. The summed E-state index contributed by atoms with van der Waals surface area (Å²) >= 11 is 0. The summed E-state index contributed by atoms with van der Waals surface area (Å²) in [6.07, 6.45) is 4.09. The van der Waals surface area contributed by atoms with Crippen molar-refractivity contribution in [1.29, 1.82) is 0 Å². The molecule has 1 heterocycles. The number of aliphatic imine (C=N–C) groups is 1. The number of nitrogens with zero attached hydrogens (tertiary/aromatic N) is 3. The Morgan fingerprint density at radius 1 is 1.14 bits per heavy atom. The lowest BCUT2D eigenvalue weighted by atomic mass is 10.2. The predicted molar refractivity (Wildman–Crippen MR) is 106 cm³/mol. The van der Waals surface area contributed by atoms with E-state index >= 15 is 0 Å². The van der Waals surface area contributed by atoms with Crippen molar-refractivity contribution in [3.63, 3.8) is 0 Å². The fraction of sp³-hybridized carbons (Fsp3) is 0.316. The van der Waals surface area contributed by atoms with E-state index in [-0.39, 0.29) is 16.3 Å². The molecule has 1 saturated heterocycles. The molecule has 1 aliphatic rings. The maximum absolute atomic E-state index is 13.1. The van der Waals surface area contributed by atoms with Crippen LogP contribution in [0.5, 0.6) is 5.75 Å². The third kappa shape index (κ3) is 4.37. The van der Waals surface area contributed by atoms with Gasteiger partial charge in [-0.25, -0.2) is 8.42 Å². The van der Waals surface area contributed by atoms with Crippen molar-refractivity contribution in [2.75, 3.05) is 20.2 Å². The topological polar surface area (TPSA) is 102 Å². The maximum Gasteiger partial charge on any atom is 0.270 e. The molecule has 1 fully saturated rings. The SMILES string of the molecule is COc1ccc(N=Cc2cccc([N+](=O)[O-])c2)c(S(=O)(=O)N2CCCCC2)c1. The molecule has 1 aliphatic heterocycles. The van der Waals surface area contributed by atoms with Crippen molar-refractivity contribution in [3.05, 3.63) is 58.1 Å². The molecule has 148 valence electrons. The largest absolute Gasteiger partial charge is 0.497 e. The fourth-order valence-electron chi connectivity index (χ4n) is 3.04. The number of nitro groups is 1. The van der Waals surface area contributed by atoms with Crippen molar-refractivity contribution in [2.24, 2.45) is 4.99 Å². The highest BCUT2D eigenvalue weighted by Crippen LogP contribution is 2.32. The van der Waals surface area contributed by atoms with Gasteiger partial charge in [0.25, 0.3) is 5.69 Å². The van der Waals surface area contributed by atoms with E-state index in [0.29, 0.717) is 24.4 Å². The van der Waals surface area contributed by atoms with Crippen molar-refractivity contribution >= 4 is 27.6 Å². The monoisotopic (exact) mass is 403 g/mol. The molecular weight excluding hydrogens is 382 g/mol. The molecule has 0 saturated carbocycles. The van der Waals surface area contributed by atoms with Gasteiger partial charge in [-0.2, -0.15) is 4.31 Å². The lowest BCUT2D eigenvalue weighted by Crippen LogP contribution is -2.35. The molecule has 2 aromatic rings. The summed E-state index contributed by atoms with van der Waals surface area (Å²) in [6.45, 7) is 0.959. The van der Waals surface area contributed by atoms with Crippen LogP contribution in [0, 0.1) is 10.1 Å². The van der Waals surface area contributed by atoms with E-state index in [1.165, 1.54) is 35.8 Å². The number of piperidine rings is 1. The summed E-state index contributed by atoms with van der Waals surface area (Å²) in [6, 6.07) is 10.7. The van der Waals surface area contributed by atoms with Crippen molar-refractivity contribution in [1.82, 2.24) is 4.31 Å². The normalized spacial score (nSPS) is 15.6. The van der Waals surface area contributed by atoms with E-state index < -0.39 is 14.9 Å². The first-order chi connectivity index (χ1) is 13.4. The Labute approximate surface area is 163 Å². The smallest absolute Gasteiger partial charge is 0.270 e. The highest BCUT2D eigenvalue weighted by molar-refractivity contribution is 7.89. The van der Waals surface area contributed by atoms with Gasteiger partial charge in [-0.3, -0.25) is 15.1 Å². The Kier molecular flexibility index (Phi) is 6.05. The molecule has 0 N–H and O–H groups in total. The third-order valence-corrected chi connectivity index (χ3v) is 6.46. The zero-order valence-corrected chi connectivity index (χ0v) is 16.3. The van der Waals surface area contributed by atoms with Gasteiger partial charge in [-0.1, -0.05) is 18.6 Å². The second-order valence-corrected chi connectivity index (χ2v) is 8.32. The van der Waals surface area contributed by atoms with Gasteiger partial charge in [-0.05, 0) is 30.5 Å². The molecule has 2 aromatic carbocycles. The molecule has 0 aromatic heterocycles. The van der Waals surface area contributed by atoms with E-state index in [1.807, 2.05) is 0 Å². The van der Waals surface area contributed by atoms with Gasteiger partial charge in [0.1, 0.15) is 10.6 Å². The van der Waals surface area contributed by atoms with E-state index in [2.05, 4.69) is 4.99 Å². The van der Waals surface area contributed by atoms with Gasteiger partial charge in [0, 0.05) is 37.5 Å². The van der Waals surface area contributed by atoms with Gasteiger partial charge < -0.3 is 4.74 Å². The number of benzene rings is 2. The van der Waals surface area contributed by atoms with Crippen LogP contribution in [-0.4, -0.2) is 44.1 Å². The Morgan fingerprint density at radius 3 is 2.57 bits per heavy atom. The van der Waals surface area contributed by atoms with Crippen LogP contribution in [0.1, 0.15) is 24.8 Å². The Balaban J connectivity index is 1.99. The van der Waals surface area contributed by atoms with Crippen LogP contribution in [0.15, 0.2) is 52.4 Å². The zero-order chi connectivity index (χ0) is 20.1. The number of hydrogen-bond acceptors (Lipinski definition) is 6. The predicted octanol–water partition coefficient (Wildman–Crippen LogP) is 3.53. The highest BCUT2D eigenvalue weighted by atomic mass is 32.2. The minimum atomic E-state index is -3.72. The number of hydrogen-bond donors (Lipinski definition) is 0. The van der Waals surface area contributed by atoms with E-state index in [9.17, 15) is 18.5 Å². The summed E-state index contributed by atoms with van der Waals surface area (Å²) in [7, 11) is -2.25. The number of nitro benzene ring substituents is 1. The second kappa shape index (κ2) is 8.49. The average molecular weight is 403 g/mol. The van der Waals surface area contributed by atoms with Gasteiger partial charge in [0.05, 0.1) is 17.7 Å². The molecule has 9 heteroatoms. The lowest BCUT2D eigenvalue weighted by Gasteiger charge is -2.26. The summed E-state index contributed by atoms with van der Waals surface area (Å²) < 4.78 is 32.9. The number of non-ortho nitro benzene ring substituents is 1. The van der Waals surface area contributed by atoms with Gasteiger partial charge in [0.15, 0.2) is 0 Å². The van der Waals surface area contributed by atoms with Crippen LogP contribution in [0.25, 0.3) is 0 Å². The van der Waals surface area contributed by atoms with Gasteiger partial charge in [0.2, 0.25) is 10.0 Å². The van der Waals surface area contributed by atoms with Crippen molar-refractivity contribution in [3.8, 4) is 5.75 Å². The maximum atomic E-state index is 13.1. The molecule has 0 bridgehead atoms. The molecule has 0 spiro atoms. The Morgan fingerprint density at radius 2 is 1.89 bits per heavy atom. The molecule has 8 nitrogen and oxygen atoms in total. The first kappa shape index (κ1) is 20.0. The molecule has 3 rings (SSSR count). The fourth-order valence-corrected chi connectivity index (χ4v) is 4.71. The molecule has 0 aliphatic carbocycles. The quantitative estimate of drug-likeness (QED) is 0.417. The second-order valence-electron chi connectivity index (χ2n) is 6.41. The van der Waals surface area contributed by atoms with Crippen LogP contribution in [-0.2, 0) is 10.0 Å². The minimum Gasteiger partial charge on any atom is -0.497 e. The van der Waals surface area contributed by atoms with E-state index in [0.717, 1.165) is 19.3 Å². The minimum absolute atomic E-state index is 0.0557. The Bertz CT molecular complexity index is 998. The van der Waals surface area contributed by atoms with Gasteiger partial charge in [-0.15, -0.1) is 0 Å². The van der Waals surface area contributed by atoms with Gasteiger partial charge >= 0.3 is 0 Å². The van der Waals surface area contributed by atoms with Crippen LogP contribution in [0.2, 0.25) is 0 Å². The average Bonchev–Trinajstić information content (AvgIpc) is 2.73. The van der Waals surface area contributed by atoms with Crippen LogP contribution in [0.3, 0.4) is 0 Å². The number of ether oxygens (including phenoxy) is 1. The molecule has 28 heavy (non-hydrogen) atoms. The third-order valence-electron chi connectivity index (χ3n) is 4.53. The first-order valence-corrected chi connectivity index (χ1v) is 10.3. The summed E-state index contributed by atoms with van der Waals surface area (Å²) in [5, 5.41) is 10.9. The molecule has 0 atom stereocenters. The zero-order valence-electron chi connectivity index (χ0n) is 15.4. The number of rotatable bonds is 6. The standard InChI is InChI=1S/C19H21N3O5S/c1-27-17-8-9-18(20-14-15-6-5-7-16(12-15)22(23)24)19(13-17)28(25,26)21-10-3-2-4-11-21/h5-9,12-14H,2-4,10-11H2,1H3.